The van der Waals surface area contributed by atoms with Crippen molar-refractivity contribution in [2.45, 2.75) is 6.42 Å². The summed E-state index contributed by atoms with van der Waals surface area (Å²) in [4.78, 5) is 20.5. The van der Waals surface area contributed by atoms with Crippen LogP contribution in [0.4, 0.5) is 4.39 Å². The van der Waals surface area contributed by atoms with Crippen LogP contribution in [0.5, 0.6) is 0 Å². The molecule has 0 aliphatic heterocycles. The Balaban J connectivity index is 2.91. The smallest absolute Gasteiger partial charge is 0.338 e. The van der Waals surface area contributed by atoms with Crippen LogP contribution in [0, 0.1) is 5.82 Å². The molecule has 1 N–H and O–H groups in total. The third-order valence-electron chi connectivity index (χ3n) is 1.77. The summed E-state index contributed by atoms with van der Waals surface area (Å²) >= 11 is 0. The zero-order valence-electron chi connectivity index (χ0n) is 7.81. The summed E-state index contributed by atoms with van der Waals surface area (Å²) in [6.45, 7) is 0. The minimum atomic E-state index is -1.30. The predicted octanol–water partition coefficient (Wildman–Crippen LogP) is 2.13. The fourth-order valence-electron chi connectivity index (χ4n) is 1.07. The summed E-state index contributed by atoms with van der Waals surface area (Å²) in [6.07, 6.45) is 4.10. The first kappa shape index (κ1) is 11.1. The number of rotatable bonds is 4. The molecule has 1 aromatic carbocycles. The van der Waals surface area contributed by atoms with Crippen LogP contribution < -0.4 is 0 Å². The van der Waals surface area contributed by atoms with E-state index in [1.54, 1.807) is 12.2 Å². The maximum atomic E-state index is 13.1. The zero-order valence-corrected chi connectivity index (χ0v) is 7.81. The zero-order chi connectivity index (χ0) is 11.3. The van der Waals surface area contributed by atoms with Crippen molar-refractivity contribution in [2.24, 2.45) is 0 Å². The summed E-state index contributed by atoms with van der Waals surface area (Å²) in [5.74, 6) is -2.08. The number of carboxylic acids is 1. The molecule has 0 aliphatic rings. The van der Waals surface area contributed by atoms with Crippen molar-refractivity contribution >= 4 is 18.3 Å². The SMILES string of the molecule is O=CCC=Cc1ccc(C(=O)O)c(F)c1. The highest BCUT2D eigenvalue weighted by molar-refractivity contribution is 5.88. The van der Waals surface area contributed by atoms with Gasteiger partial charge in [0.25, 0.3) is 0 Å². The number of carboxylic acid groups (broad SMARTS) is 1. The van der Waals surface area contributed by atoms with Gasteiger partial charge in [-0.3, -0.25) is 0 Å². The Labute approximate surface area is 85.8 Å². The number of allylic oxidation sites excluding steroid dienone is 1. The van der Waals surface area contributed by atoms with E-state index in [9.17, 15) is 14.0 Å². The van der Waals surface area contributed by atoms with E-state index in [2.05, 4.69) is 0 Å². The maximum absolute atomic E-state index is 13.1. The minimum Gasteiger partial charge on any atom is -0.478 e. The maximum Gasteiger partial charge on any atom is 0.338 e. The van der Waals surface area contributed by atoms with Crippen molar-refractivity contribution < 1.29 is 19.1 Å². The summed E-state index contributed by atoms with van der Waals surface area (Å²) in [7, 11) is 0. The van der Waals surface area contributed by atoms with Gasteiger partial charge in [-0.2, -0.15) is 0 Å². The lowest BCUT2D eigenvalue weighted by Gasteiger charge is -1.98. The first-order valence-corrected chi connectivity index (χ1v) is 4.28. The van der Waals surface area contributed by atoms with Gasteiger partial charge in [-0.15, -0.1) is 0 Å². The van der Waals surface area contributed by atoms with Gasteiger partial charge in [0.1, 0.15) is 12.1 Å². The number of carbonyl (C=O) groups excluding carboxylic acids is 1. The third kappa shape index (κ3) is 3.02. The van der Waals surface area contributed by atoms with E-state index in [0.29, 0.717) is 5.56 Å². The lowest BCUT2D eigenvalue weighted by molar-refractivity contribution is -0.107. The molecule has 0 heterocycles. The summed E-state index contributed by atoms with van der Waals surface area (Å²) in [6, 6.07) is 3.79. The molecule has 0 saturated heterocycles. The van der Waals surface area contributed by atoms with Gasteiger partial charge in [-0.05, 0) is 17.7 Å². The standard InChI is InChI=1S/C11H9FO3/c12-10-7-8(3-1-2-6-13)4-5-9(10)11(14)15/h1,3-7H,2H2,(H,14,15). The second kappa shape index (κ2) is 5.05. The van der Waals surface area contributed by atoms with Crippen molar-refractivity contribution in [3.05, 3.63) is 41.2 Å². The Bertz CT molecular complexity index is 410. The van der Waals surface area contributed by atoms with Crippen molar-refractivity contribution in [1.82, 2.24) is 0 Å². The molecule has 78 valence electrons. The van der Waals surface area contributed by atoms with Crippen LogP contribution in [-0.4, -0.2) is 17.4 Å². The van der Waals surface area contributed by atoms with Gasteiger partial charge in [0, 0.05) is 6.42 Å². The molecular weight excluding hydrogens is 199 g/mol. The Hall–Kier alpha value is -1.97. The highest BCUT2D eigenvalue weighted by atomic mass is 19.1. The van der Waals surface area contributed by atoms with Crippen LogP contribution in [-0.2, 0) is 4.79 Å². The molecule has 0 fully saturated rings. The average molecular weight is 208 g/mol. The molecule has 1 aromatic rings. The molecule has 0 radical (unpaired) electrons. The first-order valence-electron chi connectivity index (χ1n) is 4.28. The van der Waals surface area contributed by atoms with Gasteiger partial charge in [-0.1, -0.05) is 18.2 Å². The number of aldehydes is 1. The predicted molar refractivity (Wildman–Crippen MR) is 53.1 cm³/mol. The van der Waals surface area contributed by atoms with Crippen LogP contribution in [0.25, 0.3) is 6.08 Å². The lowest BCUT2D eigenvalue weighted by atomic mass is 10.1. The van der Waals surface area contributed by atoms with Crippen LogP contribution in [0.3, 0.4) is 0 Å². The number of carbonyl (C=O) groups is 2. The van der Waals surface area contributed by atoms with E-state index in [1.807, 2.05) is 0 Å². The number of hydrogen-bond donors (Lipinski definition) is 1. The number of aromatic carboxylic acids is 1. The summed E-state index contributed by atoms with van der Waals surface area (Å²) in [5.41, 5.74) is 0.168. The molecule has 4 heteroatoms. The largest absolute Gasteiger partial charge is 0.478 e. The van der Waals surface area contributed by atoms with Gasteiger partial charge in [0.05, 0.1) is 5.56 Å². The monoisotopic (exact) mass is 208 g/mol. The van der Waals surface area contributed by atoms with E-state index >= 15 is 0 Å². The van der Waals surface area contributed by atoms with E-state index in [4.69, 9.17) is 5.11 Å². The fraction of sp³-hybridized carbons (Fsp3) is 0.0909. The number of hydrogen-bond acceptors (Lipinski definition) is 2. The van der Waals surface area contributed by atoms with Gasteiger partial charge >= 0.3 is 5.97 Å². The Morgan fingerprint density at radius 2 is 2.20 bits per heavy atom. The molecule has 0 unspecified atom stereocenters. The first-order chi connectivity index (χ1) is 7.15. The summed E-state index contributed by atoms with van der Waals surface area (Å²) in [5, 5.41) is 8.57. The molecular formula is C11H9FO3. The van der Waals surface area contributed by atoms with Crippen LogP contribution >= 0.6 is 0 Å². The molecule has 15 heavy (non-hydrogen) atoms. The van der Waals surface area contributed by atoms with Gasteiger partial charge in [0.15, 0.2) is 0 Å². The molecule has 0 aromatic heterocycles. The Kier molecular flexibility index (Phi) is 3.74. The van der Waals surface area contributed by atoms with Crippen LogP contribution in [0.1, 0.15) is 22.3 Å². The number of benzene rings is 1. The quantitative estimate of drug-likeness (QED) is 0.771. The van der Waals surface area contributed by atoms with Crippen LogP contribution in [0.2, 0.25) is 0 Å². The second-order valence-electron chi connectivity index (χ2n) is 2.85. The summed E-state index contributed by atoms with van der Waals surface area (Å²) < 4.78 is 13.1. The van der Waals surface area contributed by atoms with Crippen molar-refractivity contribution in [1.29, 1.82) is 0 Å². The van der Waals surface area contributed by atoms with Crippen LogP contribution in [0.15, 0.2) is 24.3 Å². The highest BCUT2D eigenvalue weighted by Crippen LogP contribution is 2.11. The van der Waals surface area contributed by atoms with Gasteiger partial charge in [0.2, 0.25) is 0 Å². The van der Waals surface area contributed by atoms with Crippen molar-refractivity contribution in [3.8, 4) is 0 Å². The molecule has 0 spiro atoms. The second-order valence-corrected chi connectivity index (χ2v) is 2.85. The number of halogens is 1. The van der Waals surface area contributed by atoms with Crippen molar-refractivity contribution in [2.75, 3.05) is 0 Å². The molecule has 3 nitrogen and oxygen atoms in total. The normalized spacial score (nSPS) is 10.5. The van der Waals surface area contributed by atoms with E-state index < -0.39 is 11.8 Å². The molecule has 0 atom stereocenters. The van der Waals surface area contributed by atoms with Gasteiger partial charge in [-0.25, -0.2) is 9.18 Å². The van der Waals surface area contributed by atoms with E-state index in [0.717, 1.165) is 12.4 Å². The topological polar surface area (TPSA) is 54.4 Å². The average Bonchev–Trinajstić information content (AvgIpc) is 2.17. The van der Waals surface area contributed by atoms with E-state index in [-0.39, 0.29) is 12.0 Å². The molecule has 0 saturated carbocycles. The molecule has 1 rings (SSSR count). The third-order valence-corrected chi connectivity index (χ3v) is 1.77. The van der Waals surface area contributed by atoms with Crippen molar-refractivity contribution in [3.63, 3.8) is 0 Å². The Morgan fingerprint density at radius 1 is 1.47 bits per heavy atom. The van der Waals surface area contributed by atoms with Gasteiger partial charge < -0.3 is 9.90 Å². The molecule has 0 amide bonds. The highest BCUT2D eigenvalue weighted by Gasteiger charge is 2.08. The Morgan fingerprint density at radius 3 is 2.73 bits per heavy atom. The molecule has 0 bridgehead atoms. The fourth-order valence-corrected chi connectivity index (χ4v) is 1.07. The van der Waals surface area contributed by atoms with E-state index in [1.165, 1.54) is 12.1 Å². The minimum absolute atomic E-state index is 0.252. The molecule has 0 aliphatic carbocycles. The lowest BCUT2D eigenvalue weighted by Crippen LogP contribution is -2.00.